The van der Waals surface area contributed by atoms with Gasteiger partial charge in [-0.2, -0.15) is 22.6 Å². The lowest BCUT2D eigenvalue weighted by Crippen LogP contribution is -2.42. The Morgan fingerprint density at radius 2 is 2.00 bits per heavy atom. The van der Waals surface area contributed by atoms with Gasteiger partial charge in [-0.15, -0.1) is 0 Å². The number of pyridine rings is 1. The van der Waals surface area contributed by atoms with Crippen molar-refractivity contribution in [2.24, 2.45) is 17.8 Å². The van der Waals surface area contributed by atoms with Gasteiger partial charge in [-0.3, -0.25) is 0 Å². The standard InChI is InChI=1S/C21H24F3N5OS/c1-12-8-19(31-27-12)28-10-14-5-6-15(11-28)16(14)9-18-25-20-17(4-3-7-29(20)26-18)30-13(2)21(22,23)24/h3-4,7-8,13-16H,5-6,9-11H2,1-2H3/t13-,14-,15+,16?/m1/s1. The first-order valence-corrected chi connectivity index (χ1v) is 11.3. The highest BCUT2D eigenvalue weighted by Gasteiger charge is 2.43. The van der Waals surface area contributed by atoms with Gasteiger partial charge in [-0.25, -0.2) is 9.50 Å². The molecule has 1 unspecified atom stereocenters. The lowest BCUT2D eigenvalue weighted by molar-refractivity contribution is -0.189. The van der Waals surface area contributed by atoms with Gasteiger partial charge in [0, 0.05) is 25.7 Å². The summed E-state index contributed by atoms with van der Waals surface area (Å²) in [6.07, 6.45) is -1.53. The van der Waals surface area contributed by atoms with Gasteiger partial charge >= 0.3 is 6.18 Å². The minimum Gasteiger partial charge on any atom is -0.477 e. The maximum Gasteiger partial charge on any atom is 0.425 e. The molecule has 1 aliphatic heterocycles. The molecule has 0 aromatic carbocycles. The lowest BCUT2D eigenvalue weighted by atomic mass is 9.82. The van der Waals surface area contributed by atoms with Crippen LogP contribution in [0.1, 0.15) is 31.3 Å². The number of rotatable bonds is 5. The first-order valence-electron chi connectivity index (χ1n) is 10.5. The number of halogens is 3. The Kier molecular flexibility index (Phi) is 5.07. The van der Waals surface area contributed by atoms with Crippen molar-refractivity contribution in [3.63, 3.8) is 0 Å². The molecule has 2 bridgehead atoms. The molecule has 0 amide bonds. The molecule has 10 heteroatoms. The molecule has 0 N–H and O–H groups in total. The van der Waals surface area contributed by atoms with E-state index < -0.39 is 12.3 Å². The Hall–Kier alpha value is -2.36. The SMILES string of the molecule is Cc1cc(N2C[C@H]3CC[C@@H](C2)C3Cc2nc3c(O[C@H](C)C(F)(F)F)cccn3n2)sn1. The molecule has 6 nitrogen and oxygen atoms in total. The Balaban J connectivity index is 1.33. The summed E-state index contributed by atoms with van der Waals surface area (Å²) in [7, 11) is 0. The molecule has 4 atom stereocenters. The van der Waals surface area contributed by atoms with Crippen molar-refractivity contribution in [2.75, 3.05) is 18.0 Å². The van der Waals surface area contributed by atoms with Crippen LogP contribution >= 0.6 is 11.5 Å². The predicted molar refractivity (Wildman–Crippen MR) is 112 cm³/mol. The number of aryl methyl sites for hydroxylation is 1. The number of alkyl halides is 3. The Labute approximate surface area is 182 Å². The van der Waals surface area contributed by atoms with E-state index in [9.17, 15) is 13.2 Å². The zero-order valence-electron chi connectivity index (χ0n) is 17.3. The van der Waals surface area contributed by atoms with Crippen molar-refractivity contribution in [3.8, 4) is 5.75 Å². The van der Waals surface area contributed by atoms with Crippen LogP contribution < -0.4 is 9.64 Å². The first-order chi connectivity index (χ1) is 14.8. The molecular formula is C21H24F3N5OS. The number of ether oxygens (including phenoxy) is 1. The first kappa shape index (κ1) is 20.5. The molecule has 166 valence electrons. The zero-order valence-corrected chi connectivity index (χ0v) is 18.2. The van der Waals surface area contributed by atoms with E-state index in [0.717, 1.165) is 32.1 Å². The number of anilines is 1. The number of aromatic nitrogens is 4. The largest absolute Gasteiger partial charge is 0.477 e. The van der Waals surface area contributed by atoms with Gasteiger partial charge < -0.3 is 9.64 Å². The molecule has 3 aromatic rings. The summed E-state index contributed by atoms with van der Waals surface area (Å²) in [5.74, 6) is 2.38. The van der Waals surface area contributed by atoms with Gasteiger partial charge in [-0.05, 0) is 74.2 Å². The molecular weight excluding hydrogens is 427 g/mol. The quantitative estimate of drug-likeness (QED) is 0.571. The van der Waals surface area contributed by atoms with Crippen molar-refractivity contribution in [1.29, 1.82) is 0 Å². The summed E-state index contributed by atoms with van der Waals surface area (Å²) in [5, 5.41) is 5.77. The molecule has 0 radical (unpaired) electrons. The molecule has 31 heavy (non-hydrogen) atoms. The highest BCUT2D eigenvalue weighted by Crippen LogP contribution is 2.45. The molecule has 2 fully saturated rings. The van der Waals surface area contributed by atoms with E-state index in [-0.39, 0.29) is 5.75 Å². The Morgan fingerprint density at radius 3 is 2.65 bits per heavy atom. The fourth-order valence-corrected chi connectivity index (χ4v) is 5.70. The average Bonchev–Trinajstić information content (AvgIpc) is 3.38. The van der Waals surface area contributed by atoms with E-state index >= 15 is 0 Å². The number of hydrogen-bond acceptors (Lipinski definition) is 6. The predicted octanol–water partition coefficient (Wildman–Crippen LogP) is 4.53. The average molecular weight is 452 g/mol. The van der Waals surface area contributed by atoms with E-state index in [1.807, 2.05) is 6.92 Å². The summed E-state index contributed by atoms with van der Waals surface area (Å²) >= 11 is 1.56. The second-order valence-electron chi connectivity index (χ2n) is 8.65. The van der Waals surface area contributed by atoms with Crippen molar-refractivity contribution < 1.29 is 17.9 Å². The van der Waals surface area contributed by atoms with Gasteiger partial charge in [0.25, 0.3) is 0 Å². The number of hydrogen-bond donors (Lipinski definition) is 0. The second-order valence-corrected chi connectivity index (χ2v) is 9.43. The molecule has 1 saturated heterocycles. The third kappa shape index (κ3) is 3.97. The van der Waals surface area contributed by atoms with Crippen molar-refractivity contribution >= 4 is 22.2 Å². The minimum absolute atomic E-state index is 0.101. The highest BCUT2D eigenvalue weighted by molar-refractivity contribution is 7.10. The van der Waals surface area contributed by atoms with Crippen molar-refractivity contribution in [3.05, 3.63) is 35.9 Å². The Morgan fingerprint density at radius 1 is 1.26 bits per heavy atom. The topological polar surface area (TPSA) is 55.6 Å². The van der Waals surface area contributed by atoms with E-state index in [4.69, 9.17) is 4.74 Å². The second kappa shape index (κ2) is 7.65. The van der Waals surface area contributed by atoms with E-state index in [2.05, 4.69) is 25.4 Å². The molecule has 4 heterocycles. The van der Waals surface area contributed by atoms with Crippen LogP contribution in [-0.2, 0) is 6.42 Å². The van der Waals surface area contributed by atoms with Crippen LogP contribution in [0.25, 0.3) is 5.65 Å². The Bertz CT molecular complexity index is 1070. The summed E-state index contributed by atoms with van der Waals surface area (Å²) in [4.78, 5) is 7.01. The normalized spacial score (nSPS) is 24.7. The third-order valence-electron chi connectivity index (χ3n) is 6.51. The fraction of sp³-hybridized carbons (Fsp3) is 0.571. The monoisotopic (exact) mass is 451 g/mol. The summed E-state index contributed by atoms with van der Waals surface area (Å²) in [6.45, 7) is 5.03. The van der Waals surface area contributed by atoms with E-state index in [1.165, 1.54) is 28.4 Å². The number of nitrogens with zero attached hydrogens (tertiary/aromatic N) is 5. The molecule has 1 aliphatic carbocycles. The number of fused-ring (bicyclic) bond motifs is 3. The summed E-state index contributed by atoms with van der Waals surface area (Å²) in [6, 6.07) is 5.29. The van der Waals surface area contributed by atoms with Gasteiger partial charge in [0.15, 0.2) is 23.3 Å². The number of piperidine rings is 1. The molecule has 5 rings (SSSR count). The van der Waals surface area contributed by atoms with Crippen LogP contribution in [0.4, 0.5) is 18.2 Å². The minimum atomic E-state index is -4.43. The van der Waals surface area contributed by atoms with Crippen molar-refractivity contribution in [1.82, 2.24) is 19.0 Å². The van der Waals surface area contributed by atoms with Gasteiger partial charge in [0.2, 0.25) is 0 Å². The fourth-order valence-electron chi connectivity index (χ4n) is 4.92. The molecule has 0 spiro atoms. The maximum atomic E-state index is 12.9. The van der Waals surface area contributed by atoms with Gasteiger partial charge in [-0.1, -0.05) is 0 Å². The van der Waals surface area contributed by atoms with Crippen LogP contribution in [0.5, 0.6) is 5.75 Å². The van der Waals surface area contributed by atoms with Crippen LogP contribution in [0, 0.1) is 24.7 Å². The zero-order chi connectivity index (χ0) is 21.8. The molecule has 1 saturated carbocycles. The molecule has 3 aromatic heterocycles. The summed E-state index contributed by atoms with van der Waals surface area (Å²) < 4.78 is 49.9. The summed E-state index contributed by atoms with van der Waals surface area (Å²) in [5.41, 5.74) is 1.39. The smallest absolute Gasteiger partial charge is 0.425 e. The maximum absolute atomic E-state index is 12.9. The van der Waals surface area contributed by atoms with E-state index in [0.29, 0.717) is 29.2 Å². The third-order valence-corrected chi connectivity index (χ3v) is 7.45. The highest BCUT2D eigenvalue weighted by atomic mass is 32.1. The molecule has 2 aliphatic rings. The van der Waals surface area contributed by atoms with E-state index in [1.54, 1.807) is 23.8 Å². The van der Waals surface area contributed by atoms with Gasteiger partial charge in [0.1, 0.15) is 5.00 Å². The van der Waals surface area contributed by atoms with Crippen LogP contribution in [0.2, 0.25) is 0 Å². The van der Waals surface area contributed by atoms with Crippen molar-refractivity contribution in [2.45, 2.75) is 45.4 Å². The van der Waals surface area contributed by atoms with Crippen LogP contribution in [-0.4, -0.2) is 44.3 Å². The van der Waals surface area contributed by atoms with Crippen LogP contribution in [0.15, 0.2) is 24.4 Å². The van der Waals surface area contributed by atoms with Crippen LogP contribution in [0.3, 0.4) is 0 Å². The lowest BCUT2D eigenvalue weighted by Gasteiger charge is -2.38. The van der Waals surface area contributed by atoms with Gasteiger partial charge in [0.05, 0.1) is 5.69 Å².